The molecule has 1 atom stereocenters. The van der Waals surface area contributed by atoms with E-state index in [0.29, 0.717) is 5.92 Å². The fraction of sp³-hybridized carbons (Fsp3) is 0.143. The number of rotatable bonds is 2. The van der Waals surface area contributed by atoms with Crippen molar-refractivity contribution in [1.82, 2.24) is 0 Å². The number of hydrogen-bond acceptors (Lipinski definition) is 0. The van der Waals surface area contributed by atoms with Crippen LogP contribution in [-0.2, 0) is 0 Å². The predicted molar refractivity (Wildman–Crippen MR) is 124 cm³/mol. The monoisotopic (exact) mass is 356 g/mol. The molecule has 0 aliphatic rings. The molecule has 7 aromatic carbocycles. The minimum Gasteiger partial charge on any atom is -0.0648 e. The minimum atomic E-state index is 0.560. The van der Waals surface area contributed by atoms with Gasteiger partial charge in [0.05, 0.1) is 0 Å². The Labute approximate surface area is 163 Å². The third kappa shape index (κ3) is 1.56. The van der Waals surface area contributed by atoms with E-state index in [0.717, 1.165) is 6.42 Å². The van der Waals surface area contributed by atoms with Crippen molar-refractivity contribution in [1.29, 1.82) is 0 Å². The van der Waals surface area contributed by atoms with Gasteiger partial charge in [-0.25, -0.2) is 0 Å². The van der Waals surface area contributed by atoms with E-state index in [-0.39, 0.29) is 0 Å². The van der Waals surface area contributed by atoms with E-state index in [4.69, 9.17) is 0 Å². The summed E-state index contributed by atoms with van der Waals surface area (Å²) in [6.07, 6.45) is 1.16. The molecule has 0 N–H and O–H groups in total. The van der Waals surface area contributed by atoms with Gasteiger partial charge in [-0.05, 0) is 82.5 Å². The average molecular weight is 356 g/mol. The van der Waals surface area contributed by atoms with Gasteiger partial charge in [0.15, 0.2) is 0 Å². The molecule has 132 valence electrons. The Kier molecular flexibility index (Phi) is 2.57. The van der Waals surface area contributed by atoms with Gasteiger partial charge >= 0.3 is 0 Å². The van der Waals surface area contributed by atoms with Crippen LogP contribution in [0.25, 0.3) is 64.6 Å². The molecule has 0 aliphatic carbocycles. The van der Waals surface area contributed by atoms with Crippen LogP contribution in [0, 0.1) is 0 Å². The first-order valence-corrected chi connectivity index (χ1v) is 10.4. The van der Waals surface area contributed by atoms with Gasteiger partial charge in [-0.3, -0.25) is 0 Å². The topological polar surface area (TPSA) is 0 Å². The highest BCUT2D eigenvalue weighted by Crippen LogP contribution is 2.49. The summed E-state index contributed by atoms with van der Waals surface area (Å²) in [5.74, 6) is 0.560. The highest BCUT2D eigenvalue weighted by atomic mass is 14.2. The summed E-state index contributed by atoms with van der Waals surface area (Å²) in [4.78, 5) is 0. The average Bonchev–Trinajstić information content (AvgIpc) is 2.76. The molecule has 0 heterocycles. The molecule has 0 aromatic heterocycles. The van der Waals surface area contributed by atoms with Crippen molar-refractivity contribution in [3.05, 3.63) is 72.3 Å². The molecule has 7 rings (SSSR count). The lowest BCUT2D eigenvalue weighted by atomic mass is 9.80. The molecule has 0 heteroatoms. The lowest BCUT2D eigenvalue weighted by Gasteiger charge is -2.23. The zero-order chi connectivity index (χ0) is 18.6. The molecular formula is C28H20. The van der Waals surface area contributed by atoms with Gasteiger partial charge in [-0.15, -0.1) is 0 Å². The molecule has 0 fully saturated rings. The van der Waals surface area contributed by atoms with Crippen LogP contribution in [0.3, 0.4) is 0 Å². The summed E-state index contributed by atoms with van der Waals surface area (Å²) in [5, 5.41) is 17.0. The van der Waals surface area contributed by atoms with Crippen LogP contribution in [-0.4, -0.2) is 0 Å². The third-order valence-electron chi connectivity index (χ3n) is 7.18. The van der Waals surface area contributed by atoms with Crippen LogP contribution in [0.5, 0.6) is 0 Å². The van der Waals surface area contributed by atoms with Gasteiger partial charge in [-0.2, -0.15) is 0 Å². The Morgan fingerprint density at radius 3 is 1.43 bits per heavy atom. The maximum Gasteiger partial charge on any atom is -0.00110 e. The molecule has 0 spiro atoms. The van der Waals surface area contributed by atoms with Crippen molar-refractivity contribution in [2.24, 2.45) is 0 Å². The van der Waals surface area contributed by atoms with Crippen LogP contribution in [0.4, 0.5) is 0 Å². The van der Waals surface area contributed by atoms with E-state index in [2.05, 4.69) is 80.6 Å². The van der Waals surface area contributed by atoms with Gasteiger partial charge in [0.2, 0.25) is 0 Å². The van der Waals surface area contributed by atoms with Gasteiger partial charge < -0.3 is 0 Å². The Bertz CT molecular complexity index is 1590. The molecule has 0 saturated carbocycles. The third-order valence-corrected chi connectivity index (χ3v) is 7.18. The summed E-state index contributed by atoms with van der Waals surface area (Å²) in [5.41, 5.74) is 1.50. The van der Waals surface area contributed by atoms with Crippen LogP contribution < -0.4 is 0 Å². The summed E-state index contributed by atoms with van der Waals surface area (Å²) < 4.78 is 0. The smallest absolute Gasteiger partial charge is 0.00110 e. The molecule has 0 amide bonds. The maximum atomic E-state index is 2.46. The second-order valence-corrected chi connectivity index (χ2v) is 8.52. The zero-order valence-electron chi connectivity index (χ0n) is 16.1. The summed E-state index contributed by atoms with van der Waals surface area (Å²) in [6.45, 7) is 4.66. The first-order chi connectivity index (χ1) is 13.8. The van der Waals surface area contributed by atoms with Crippen molar-refractivity contribution in [2.45, 2.75) is 26.2 Å². The molecule has 0 saturated heterocycles. The Morgan fingerprint density at radius 2 is 0.929 bits per heavy atom. The molecule has 0 nitrogen and oxygen atoms in total. The standard InChI is InChI=1S/C28H20/c1-3-15(2)22-14-20-11-10-18-7-5-16-4-6-17-8-9-19-12-13-21(22)28-26(19)24(17)23(16)25(18)27(20)28/h4-15H,3H2,1-2H3. The van der Waals surface area contributed by atoms with Gasteiger partial charge in [0.25, 0.3) is 0 Å². The largest absolute Gasteiger partial charge is 0.0648 e. The second kappa shape index (κ2) is 4.83. The zero-order valence-corrected chi connectivity index (χ0v) is 16.1. The number of benzene rings is 7. The van der Waals surface area contributed by atoms with E-state index < -0.39 is 0 Å². The van der Waals surface area contributed by atoms with Gasteiger partial charge in [-0.1, -0.05) is 80.6 Å². The summed E-state index contributed by atoms with van der Waals surface area (Å²) in [6, 6.07) is 25.6. The van der Waals surface area contributed by atoms with E-state index in [1.54, 1.807) is 0 Å². The normalized spacial score (nSPS) is 14.1. The Balaban J connectivity index is 1.96. The van der Waals surface area contributed by atoms with Crippen molar-refractivity contribution in [2.75, 3.05) is 0 Å². The molecule has 28 heavy (non-hydrogen) atoms. The van der Waals surface area contributed by atoms with Gasteiger partial charge in [0, 0.05) is 0 Å². The van der Waals surface area contributed by atoms with Crippen molar-refractivity contribution < 1.29 is 0 Å². The SMILES string of the molecule is CCC(C)c1cc2ccc3ccc4ccc5ccc6ccc1c1c6c5c4c3c21. The molecule has 0 aliphatic heterocycles. The molecule has 1 unspecified atom stereocenters. The van der Waals surface area contributed by atoms with E-state index >= 15 is 0 Å². The molecular weight excluding hydrogens is 336 g/mol. The first-order valence-electron chi connectivity index (χ1n) is 10.4. The lowest BCUT2D eigenvalue weighted by molar-refractivity contribution is 0.740. The lowest BCUT2D eigenvalue weighted by Crippen LogP contribution is -1.97. The van der Waals surface area contributed by atoms with E-state index in [1.165, 1.54) is 70.2 Å². The number of hydrogen-bond donors (Lipinski definition) is 0. The van der Waals surface area contributed by atoms with Crippen LogP contribution in [0.2, 0.25) is 0 Å². The Hall–Kier alpha value is -3.12. The fourth-order valence-electron chi connectivity index (χ4n) is 5.64. The highest BCUT2D eigenvalue weighted by Gasteiger charge is 2.22. The van der Waals surface area contributed by atoms with Crippen molar-refractivity contribution in [3.8, 4) is 0 Å². The van der Waals surface area contributed by atoms with Gasteiger partial charge in [0.1, 0.15) is 0 Å². The van der Waals surface area contributed by atoms with Crippen molar-refractivity contribution in [3.63, 3.8) is 0 Å². The fourth-order valence-corrected chi connectivity index (χ4v) is 5.64. The predicted octanol–water partition coefficient (Wildman–Crippen LogP) is 8.43. The van der Waals surface area contributed by atoms with Crippen LogP contribution in [0.1, 0.15) is 31.7 Å². The second-order valence-electron chi connectivity index (χ2n) is 8.52. The molecule has 7 aromatic rings. The van der Waals surface area contributed by atoms with Crippen LogP contribution in [0.15, 0.2) is 66.7 Å². The van der Waals surface area contributed by atoms with E-state index in [9.17, 15) is 0 Å². The maximum absolute atomic E-state index is 2.46. The highest BCUT2D eigenvalue weighted by molar-refractivity contribution is 6.44. The minimum absolute atomic E-state index is 0.560. The summed E-state index contributed by atoms with van der Waals surface area (Å²) >= 11 is 0. The quantitative estimate of drug-likeness (QED) is 0.215. The molecule has 0 bridgehead atoms. The Morgan fingerprint density at radius 1 is 0.536 bits per heavy atom. The van der Waals surface area contributed by atoms with Crippen LogP contribution >= 0.6 is 0 Å². The molecule has 0 radical (unpaired) electrons. The van der Waals surface area contributed by atoms with Crippen molar-refractivity contribution >= 4 is 64.6 Å². The van der Waals surface area contributed by atoms with E-state index in [1.807, 2.05) is 0 Å². The first kappa shape index (κ1) is 14.9. The summed E-state index contributed by atoms with van der Waals surface area (Å²) in [7, 11) is 0.